The van der Waals surface area contributed by atoms with Crippen molar-refractivity contribution in [3.63, 3.8) is 0 Å². The molecule has 0 aromatic heterocycles. The lowest BCUT2D eigenvalue weighted by Gasteiger charge is -2.14. The van der Waals surface area contributed by atoms with Crippen molar-refractivity contribution in [3.8, 4) is 11.1 Å². The minimum atomic E-state index is -0.437. The van der Waals surface area contributed by atoms with Gasteiger partial charge in [-0.25, -0.2) is 4.79 Å². The monoisotopic (exact) mass is 397 g/mol. The van der Waals surface area contributed by atoms with Crippen molar-refractivity contribution < 1.29 is 9.53 Å². The molecule has 0 radical (unpaired) electrons. The Labute approximate surface area is 175 Å². The Hall–Kier alpha value is -3.86. The molecule has 0 bridgehead atoms. The molecule has 0 saturated heterocycles. The number of nitrogens with two attached hydrogens (primary N) is 1. The van der Waals surface area contributed by atoms with Crippen molar-refractivity contribution in [2.24, 2.45) is 5.73 Å². The lowest BCUT2D eigenvalue weighted by atomic mass is 9.98. The fourth-order valence-electron chi connectivity index (χ4n) is 3.76. The second kappa shape index (κ2) is 8.66. The van der Waals surface area contributed by atoms with Gasteiger partial charge in [0.1, 0.15) is 12.4 Å². The minimum absolute atomic E-state index is 0.0439. The molecule has 5 heteroatoms. The summed E-state index contributed by atoms with van der Waals surface area (Å²) in [5, 5.41) is 10.2. The summed E-state index contributed by atoms with van der Waals surface area (Å²) in [6, 6.07) is 23.9. The van der Waals surface area contributed by atoms with Gasteiger partial charge in [0.15, 0.2) is 0 Å². The van der Waals surface area contributed by atoms with Crippen molar-refractivity contribution in [1.29, 1.82) is 5.41 Å². The number of hydrogen-bond acceptors (Lipinski definition) is 3. The van der Waals surface area contributed by atoms with Crippen LogP contribution in [0.3, 0.4) is 0 Å². The number of fused-ring (bicyclic) bond motifs is 3. The van der Waals surface area contributed by atoms with Gasteiger partial charge in [-0.15, -0.1) is 0 Å². The number of benzene rings is 3. The zero-order chi connectivity index (χ0) is 20.9. The van der Waals surface area contributed by atoms with Gasteiger partial charge < -0.3 is 15.8 Å². The van der Waals surface area contributed by atoms with Crippen molar-refractivity contribution in [3.05, 3.63) is 101 Å². The number of ether oxygens (including phenoxy) is 1. The quantitative estimate of drug-likeness (QED) is 0.422. The van der Waals surface area contributed by atoms with E-state index in [-0.39, 0.29) is 11.8 Å². The van der Waals surface area contributed by atoms with Crippen LogP contribution in [0.15, 0.2) is 78.9 Å². The number of amidine groups is 1. The maximum atomic E-state index is 12.1. The Kier molecular flexibility index (Phi) is 5.61. The van der Waals surface area contributed by atoms with E-state index in [1.165, 1.54) is 22.3 Å². The van der Waals surface area contributed by atoms with Crippen LogP contribution in [0.5, 0.6) is 0 Å². The summed E-state index contributed by atoms with van der Waals surface area (Å²) in [4.78, 5) is 12.1. The molecular formula is C25H23N3O2. The maximum absolute atomic E-state index is 12.1. The van der Waals surface area contributed by atoms with Crippen LogP contribution in [0.2, 0.25) is 0 Å². The number of hydrogen-bond donors (Lipinski definition) is 3. The van der Waals surface area contributed by atoms with Gasteiger partial charge in [-0.05, 0) is 27.8 Å². The van der Waals surface area contributed by atoms with E-state index in [0.717, 1.165) is 5.56 Å². The van der Waals surface area contributed by atoms with Gasteiger partial charge in [-0.1, -0.05) is 84.9 Å². The lowest BCUT2D eigenvalue weighted by molar-refractivity contribution is 0.144. The fraction of sp³-hybridized carbons (Fsp3) is 0.120. The molecule has 1 aliphatic carbocycles. The molecule has 0 atom stereocenters. The van der Waals surface area contributed by atoms with Gasteiger partial charge in [0.2, 0.25) is 0 Å². The Morgan fingerprint density at radius 3 is 2.17 bits per heavy atom. The third-order valence-corrected chi connectivity index (χ3v) is 5.24. The molecule has 150 valence electrons. The number of carbonyl (C=O) groups excluding carboxylic acids is 1. The van der Waals surface area contributed by atoms with E-state index in [0.29, 0.717) is 18.7 Å². The van der Waals surface area contributed by atoms with Crippen LogP contribution >= 0.6 is 0 Å². The van der Waals surface area contributed by atoms with E-state index in [4.69, 9.17) is 15.9 Å². The topological polar surface area (TPSA) is 88.2 Å². The summed E-state index contributed by atoms with van der Waals surface area (Å²) in [6.07, 6.45) is 3.31. The summed E-state index contributed by atoms with van der Waals surface area (Å²) in [7, 11) is 0. The Morgan fingerprint density at radius 2 is 1.57 bits per heavy atom. The standard InChI is InChI=1S/C25H23N3O2/c26-24(27)18-13-11-17(12-14-18)6-5-15-28-25(29)30-16-23-21-9-3-1-7-19(21)20-8-2-4-10-22(20)23/h1-14,23H,15-16H2,(H3,26,27)(H,28,29). The van der Waals surface area contributed by atoms with E-state index >= 15 is 0 Å². The maximum Gasteiger partial charge on any atom is 0.407 e. The smallest absolute Gasteiger partial charge is 0.407 e. The van der Waals surface area contributed by atoms with Crippen LogP contribution < -0.4 is 11.1 Å². The molecule has 30 heavy (non-hydrogen) atoms. The summed E-state index contributed by atoms with van der Waals surface area (Å²) in [5.74, 6) is 0.0981. The van der Waals surface area contributed by atoms with Gasteiger partial charge in [-0.2, -0.15) is 0 Å². The van der Waals surface area contributed by atoms with Crippen LogP contribution in [-0.2, 0) is 4.74 Å². The Bertz CT molecular complexity index is 1060. The largest absolute Gasteiger partial charge is 0.449 e. The van der Waals surface area contributed by atoms with Crippen LogP contribution in [0.1, 0.15) is 28.2 Å². The van der Waals surface area contributed by atoms with Crippen LogP contribution in [0.4, 0.5) is 4.79 Å². The number of nitrogen functional groups attached to an aromatic ring is 1. The second-order valence-electron chi connectivity index (χ2n) is 7.14. The molecule has 0 spiro atoms. The predicted molar refractivity (Wildman–Crippen MR) is 120 cm³/mol. The highest BCUT2D eigenvalue weighted by Gasteiger charge is 2.28. The predicted octanol–water partition coefficient (Wildman–Crippen LogP) is 4.52. The molecule has 3 aromatic rings. The van der Waals surface area contributed by atoms with Gasteiger partial charge >= 0.3 is 6.09 Å². The van der Waals surface area contributed by atoms with Gasteiger partial charge in [0.25, 0.3) is 0 Å². The molecule has 1 amide bonds. The molecule has 0 aliphatic heterocycles. The van der Waals surface area contributed by atoms with Crippen molar-refractivity contribution >= 4 is 18.0 Å². The number of amides is 1. The molecule has 4 rings (SSSR count). The summed E-state index contributed by atoms with van der Waals surface area (Å²) < 4.78 is 5.51. The van der Waals surface area contributed by atoms with E-state index < -0.39 is 6.09 Å². The van der Waals surface area contributed by atoms with E-state index in [2.05, 4.69) is 29.6 Å². The average molecular weight is 397 g/mol. The zero-order valence-corrected chi connectivity index (χ0v) is 16.5. The third kappa shape index (κ3) is 4.10. The van der Waals surface area contributed by atoms with Gasteiger partial charge in [0, 0.05) is 18.0 Å². The second-order valence-corrected chi connectivity index (χ2v) is 7.14. The fourth-order valence-corrected chi connectivity index (χ4v) is 3.76. The molecule has 3 aromatic carbocycles. The average Bonchev–Trinajstić information content (AvgIpc) is 3.09. The zero-order valence-electron chi connectivity index (χ0n) is 16.5. The molecule has 0 unspecified atom stereocenters. The van der Waals surface area contributed by atoms with Crippen LogP contribution in [0.25, 0.3) is 17.2 Å². The first-order valence-electron chi connectivity index (χ1n) is 9.83. The number of alkyl carbamates (subject to hydrolysis) is 1. The van der Waals surface area contributed by atoms with E-state index in [9.17, 15) is 4.79 Å². The highest BCUT2D eigenvalue weighted by atomic mass is 16.5. The summed E-state index contributed by atoms with van der Waals surface area (Å²) in [5.41, 5.74) is 11.9. The highest BCUT2D eigenvalue weighted by Crippen LogP contribution is 2.44. The first-order chi connectivity index (χ1) is 14.6. The molecule has 5 nitrogen and oxygen atoms in total. The molecule has 0 fully saturated rings. The molecule has 0 heterocycles. The van der Waals surface area contributed by atoms with E-state index in [1.807, 2.05) is 48.6 Å². The summed E-state index contributed by atoms with van der Waals surface area (Å²) in [6.45, 7) is 0.668. The lowest BCUT2D eigenvalue weighted by Crippen LogP contribution is -2.26. The van der Waals surface area contributed by atoms with Gasteiger partial charge in [-0.3, -0.25) is 5.41 Å². The number of rotatable bonds is 6. The summed E-state index contributed by atoms with van der Waals surface area (Å²) >= 11 is 0. The molecule has 0 saturated carbocycles. The van der Waals surface area contributed by atoms with Crippen molar-refractivity contribution in [1.82, 2.24) is 5.32 Å². The van der Waals surface area contributed by atoms with E-state index in [1.54, 1.807) is 12.1 Å². The van der Waals surface area contributed by atoms with Crippen LogP contribution in [0, 0.1) is 5.41 Å². The molecule has 1 aliphatic rings. The van der Waals surface area contributed by atoms with Crippen LogP contribution in [-0.4, -0.2) is 25.1 Å². The normalized spacial score (nSPS) is 12.4. The minimum Gasteiger partial charge on any atom is -0.449 e. The highest BCUT2D eigenvalue weighted by molar-refractivity contribution is 5.95. The van der Waals surface area contributed by atoms with Crippen molar-refractivity contribution in [2.45, 2.75) is 5.92 Å². The third-order valence-electron chi connectivity index (χ3n) is 5.24. The van der Waals surface area contributed by atoms with Gasteiger partial charge in [0.05, 0.1) is 0 Å². The molecule has 4 N–H and O–H groups in total. The van der Waals surface area contributed by atoms with Crippen molar-refractivity contribution in [2.75, 3.05) is 13.2 Å². The first-order valence-corrected chi connectivity index (χ1v) is 9.83. The SMILES string of the molecule is N=C(N)c1ccc(C=CCNC(=O)OCC2c3ccccc3-c3ccccc32)cc1. The molecular weight excluding hydrogens is 374 g/mol. The first kappa shape index (κ1) is 19.5. The number of nitrogens with one attached hydrogen (secondary N) is 2. The number of carbonyl (C=O) groups is 1. The Morgan fingerprint density at radius 1 is 0.967 bits per heavy atom. The Balaban J connectivity index is 1.31.